The number of aryl methyl sites for hydroxylation is 1. The van der Waals surface area contributed by atoms with Crippen molar-refractivity contribution in [2.75, 3.05) is 31.1 Å². The summed E-state index contributed by atoms with van der Waals surface area (Å²) in [5.74, 6) is -1.36. The van der Waals surface area contributed by atoms with Gasteiger partial charge in [-0.2, -0.15) is 18.3 Å². The molecule has 40 heavy (non-hydrogen) atoms. The molecule has 10 nitrogen and oxygen atoms in total. The lowest BCUT2D eigenvalue weighted by atomic mass is 10.2. The van der Waals surface area contributed by atoms with Crippen molar-refractivity contribution < 1.29 is 27.9 Å². The Labute approximate surface area is 227 Å². The van der Waals surface area contributed by atoms with Crippen molar-refractivity contribution in [3.8, 4) is 11.5 Å². The van der Waals surface area contributed by atoms with Crippen LogP contribution in [0.15, 0.2) is 55.1 Å². The van der Waals surface area contributed by atoms with Crippen molar-refractivity contribution in [1.82, 2.24) is 29.0 Å². The lowest BCUT2D eigenvalue weighted by Crippen LogP contribution is -2.49. The second-order valence-electron chi connectivity index (χ2n) is 9.88. The van der Waals surface area contributed by atoms with Gasteiger partial charge in [0.25, 0.3) is 5.91 Å². The van der Waals surface area contributed by atoms with Crippen LogP contribution >= 0.6 is 0 Å². The van der Waals surface area contributed by atoms with Gasteiger partial charge in [-0.1, -0.05) is 17.7 Å². The van der Waals surface area contributed by atoms with Gasteiger partial charge in [-0.15, -0.1) is 0 Å². The third-order valence-electron chi connectivity index (χ3n) is 6.93. The van der Waals surface area contributed by atoms with Crippen LogP contribution in [0.1, 0.15) is 28.9 Å². The fourth-order valence-electron chi connectivity index (χ4n) is 4.56. The van der Waals surface area contributed by atoms with Crippen molar-refractivity contribution in [3.63, 3.8) is 0 Å². The van der Waals surface area contributed by atoms with Gasteiger partial charge in [-0.3, -0.25) is 18.9 Å². The van der Waals surface area contributed by atoms with Gasteiger partial charge in [0.05, 0.1) is 11.7 Å². The van der Waals surface area contributed by atoms with E-state index in [1.807, 2.05) is 32.4 Å². The number of carboxylic acids is 1. The highest BCUT2D eigenvalue weighted by atomic mass is 19.4. The number of imidazole rings is 1. The maximum Gasteiger partial charge on any atom is 0.490 e. The van der Waals surface area contributed by atoms with E-state index in [9.17, 15) is 18.0 Å². The number of fused-ring (bicyclic) bond motifs is 1. The molecule has 1 amide bonds. The smallest absolute Gasteiger partial charge is 0.475 e. The molecular weight excluding hydrogens is 527 g/mol. The van der Waals surface area contributed by atoms with Crippen molar-refractivity contribution in [3.05, 3.63) is 66.4 Å². The first-order chi connectivity index (χ1) is 19.1. The number of carbonyl (C=O) groups excluding carboxylic acids is 1. The molecule has 210 valence electrons. The number of rotatable bonds is 5. The summed E-state index contributed by atoms with van der Waals surface area (Å²) < 4.78 is 35.7. The lowest BCUT2D eigenvalue weighted by molar-refractivity contribution is -0.192. The van der Waals surface area contributed by atoms with Crippen LogP contribution in [0.25, 0.3) is 17.0 Å². The van der Waals surface area contributed by atoms with Gasteiger partial charge in [0.15, 0.2) is 11.5 Å². The lowest BCUT2D eigenvalue weighted by Gasteiger charge is -2.36. The highest BCUT2D eigenvalue weighted by Gasteiger charge is 2.38. The maximum atomic E-state index is 13.5. The zero-order chi connectivity index (χ0) is 28.4. The number of carboxylic acid groups (broad SMARTS) is 1. The number of hydrogen-bond acceptors (Lipinski definition) is 6. The Balaban J connectivity index is 0.000000411. The Morgan fingerprint density at radius 3 is 2.33 bits per heavy atom. The number of piperazine rings is 1. The molecule has 1 N–H and O–H groups in total. The van der Waals surface area contributed by atoms with Gasteiger partial charge in [-0.05, 0) is 43.9 Å². The predicted molar refractivity (Wildman–Crippen MR) is 140 cm³/mol. The molecule has 2 fully saturated rings. The minimum atomic E-state index is -5.08. The van der Waals surface area contributed by atoms with Gasteiger partial charge in [0, 0.05) is 57.0 Å². The first-order valence-corrected chi connectivity index (χ1v) is 12.9. The number of carbonyl (C=O) groups is 2. The van der Waals surface area contributed by atoms with E-state index in [1.54, 1.807) is 12.4 Å². The van der Waals surface area contributed by atoms with E-state index < -0.39 is 12.1 Å². The second kappa shape index (κ2) is 11.0. The molecule has 3 aromatic heterocycles. The number of aromatic nitrogens is 5. The molecule has 4 aromatic rings. The largest absolute Gasteiger partial charge is 0.490 e. The van der Waals surface area contributed by atoms with Gasteiger partial charge in [0.1, 0.15) is 5.69 Å². The van der Waals surface area contributed by atoms with Crippen molar-refractivity contribution >= 4 is 23.1 Å². The van der Waals surface area contributed by atoms with Gasteiger partial charge >= 0.3 is 12.1 Å². The van der Waals surface area contributed by atoms with E-state index in [4.69, 9.17) is 14.9 Å². The van der Waals surface area contributed by atoms with E-state index in [2.05, 4.69) is 46.2 Å². The van der Waals surface area contributed by atoms with Crippen LogP contribution < -0.4 is 4.90 Å². The number of hydrogen-bond donors (Lipinski definition) is 1. The van der Waals surface area contributed by atoms with Crippen molar-refractivity contribution in [1.29, 1.82) is 0 Å². The quantitative estimate of drug-likeness (QED) is 0.398. The minimum Gasteiger partial charge on any atom is -0.475 e. The first-order valence-electron chi connectivity index (χ1n) is 12.9. The zero-order valence-corrected chi connectivity index (χ0v) is 21.8. The molecular formula is C27H28F3N7O3. The monoisotopic (exact) mass is 555 g/mol. The van der Waals surface area contributed by atoms with Gasteiger partial charge in [-0.25, -0.2) is 9.78 Å². The van der Waals surface area contributed by atoms with E-state index >= 15 is 0 Å². The summed E-state index contributed by atoms with van der Waals surface area (Å²) in [5.41, 5.74) is 4.59. The Kier molecular flexibility index (Phi) is 7.46. The molecule has 0 bridgehead atoms. The van der Waals surface area contributed by atoms with Crippen LogP contribution in [-0.4, -0.2) is 78.4 Å². The summed E-state index contributed by atoms with van der Waals surface area (Å²) in [6, 6.07) is 10.5. The number of alkyl halides is 3. The van der Waals surface area contributed by atoms with Crippen LogP contribution in [0.4, 0.5) is 18.9 Å². The molecule has 1 aromatic carbocycles. The zero-order valence-electron chi connectivity index (χ0n) is 21.8. The first kappa shape index (κ1) is 27.2. The average molecular weight is 556 g/mol. The summed E-state index contributed by atoms with van der Waals surface area (Å²) in [6.07, 6.45) is 4.57. The number of amides is 1. The highest BCUT2D eigenvalue weighted by Crippen LogP contribution is 2.32. The third kappa shape index (κ3) is 5.92. The van der Waals surface area contributed by atoms with Crippen LogP contribution in [0, 0.1) is 12.8 Å². The number of benzene rings is 1. The molecule has 1 aliphatic carbocycles. The van der Waals surface area contributed by atoms with Crippen molar-refractivity contribution in [2.45, 2.75) is 32.5 Å². The van der Waals surface area contributed by atoms with E-state index in [1.165, 1.54) is 24.1 Å². The molecule has 1 saturated carbocycles. The van der Waals surface area contributed by atoms with E-state index in [-0.39, 0.29) is 5.91 Å². The summed E-state index contributed by atoms with van der Waals surface area (Å²) in [6.45, 7) is 5.94. The third-order valence-corrected chi connectivity index (χ3v) is 6.93. The number of nitrogens with zero attached hydrogens (tertiary/aromatic N) is 7. The summed E-state index contributed by atoms with van der Waals surface area (Å²) in [4.78, 5) is 35.8. The molecule has 1 aliphatic heterocycles. The van der Waals surface area contributed by atoms with Gasteiger partial charge < -0.3 is 14.9 Å². The second-order valence-corrected chi connectivity index (χ2v) is 9.88. The normalized spacial score (nSPS) is 15.6. The maximum absolute atomic E-state index is 13.5. The average Bonchev–Trinajstić information content (AvgIpc) is 3.50. The Bertz CT molecular complexity index is 1500. The molecule has 13 heteroatoms. The highest BCUT2D eigenvalue weighted by molar-refractivity contribution is 6.00. The van der Waals surface area contributed by atoms with E-state index in [0.29, 0.717) is 24.7 Å². The molecule has 0 radical (unpaired) electrons. The summed E-state index contributed by atoms with van der Waals surface area (Å²) in [5, 5.41) is 11.6. The number of anilines is 1. The molecule has 0 spiro atoms. The van der Waals surface area contributed by atoms with Crippen LogP contribution in [0.2, 0.25) is 0 Å². The fraction of sp³-hybridized carbons (Fsp3) is 0.370. The SMILES string of the molecule is Cc1ccc(N2CCN(C(=O)c3nc(-c4ccnn4CC4CC4)n4ccncc34)CC2)cc1.O=C(O)C(F)(F)F. The molecule has 1 saturated heterocycles. The van der Waals surface area contributed by atoms with Gasteiger partial charge in [0.2, 0.25) is 0 Å². The summed E-state index contributed by atoms with van der Waals surface area (Å²) >= 11 is 0. The van der Waals surface area contributed by atoms with Crippen LogP contribution in [-0.2, 0) is 11.3 Å². The molecule has 6 rings (SSSR count). The Morgan fingerprint density at radius 1 is 1.02 bits per heavy atom. The van der Waals surface area contributed by atoms with E-state index in [0.717, 1.165) is 36.7 Å². The predicted octanol–water partition coefficient (Wildman–Crippen LogP) is 3.91. The molecule has 0 unspecified atom stereocenters. The van der Waals surface area contributed by atoms with Crippen LogP contribution in [0.3, 0.4) is 0 Å². The van der Waals surface area contributed by atoms with Crippen LogP contribution in [0.5, 0.6) is 0 Å². The molecule has 4 heterocycles. The number of halogens is 3. The minimum absolute atomic E-state index is 0.0384. The molecule has 2 aliphatic rings. The fourth-order valence-corrected chi connectivity index (χ4v) is 4.56. The standard InChI is InChI=1S/C25H27N7O.C2HF3O2/c1-18-2-6-20(7-3-18)29-12-14-30(15-13-29)25(33)23-22-16-26-10-11-31(22)24(28-23)21-8-9-27-32(21)17-19-4-5-19;3-2(4,5)1(6)7/h2-3,6-11,16,19H,4-5,12-15,17H2,1H3;(H,6,7). The Morgan fingerprint density at radius 2 is 1.70 bits per heavy atom. The Hall–Kier alpha value is -4.42. The number of aliphatic carboxylic acids is 1. The molecule has 0 atom stereocenters. The topological polar surface area (TPSA) is 109 Å². The van der Waals surface area contributed by atoms with Crippen molar-refractivity contribution in [2.24, 2.45) is 5.92 Å². The summed E-state index contributed by atoms with van der Waals surface area (Å²) in [7, 11) is 0.